The molecule has 0 radical (unpaired) electrons. The standard InChI is InChI=1S/C15H21FN2O2/c1-2-15(14(19)20,12-5-3-6-13(16)11-12)18-9-4-7-17-8-10-18/h3,5-6,11,17H,2,4,7-10H2,1H3,(H,19,20). The first kappa shape index (κ1) is 14.9. The van der Waals surface area contributed by atoms with Crippen molar-refractivity contribution < 1.29 is 14.3 Å². The van der Waals surface area contributed by atoms with Crippen LogP contribution in [-0.2, 0) is 10.3 Å². The van der Waals surface area contributed by atoms with Gasteiger partial charge in [0.25, 0.3) is 0 Å². The van der Waals surface area contributed by atoms with E-state index in [2.05, 4.69) is 5.32 Å². The molecule has 110 valence electrons. The van der Waals surface area contributed by atoms with Crippen LogP contribution in [0.2, 0.25) is 0 Å². The zero-order valence-electron chi connectivity index (χ0n) is 11.7. The molecule has 0 amide bonds. The maximum atomic E-state index is 13.5. The van der Waals surface area contributed by atoms with E-state index in [1.54, 1.807) is 12.1 Å². The van der Waals surface area contributed by atoms with Gasteiger partial charge in [-0.2, -0.15) is 0 Å². The van der Waals surface area contributed by atoms with E-state index in [1.807, 2.05) is 11.8 Å². The van der Waals surface area contributed by atoms with Crippen molar-refractivity contribution in [1.29, 1.82) is 0 Å². The Bertz CT molecular complexity index is 473. The second-order valence-electron chi connectivity index (χ2n) is 5.12. The highest BCUT2D eigenvalue weighted by Gasteiger charge is 2.44. The number of rotatable bonds is 4. The predicted molar refractivity (Wildman–Crippen MR) is 75.1 cm³/mol. The lowest BCUT2D eigenvalue weighted by atomic mass is 9.85. The van der Waals surface area contributed by atoms with Gasteiger partial charge in [-0.15, -0.1) is 0 Å². The fourth-order valence-electron chi connectivity index (χ4n) is 2.99. The van der Waals surface area contributed by atoms with E-state index in [-0.39, 0.29) is 0 Å². The van der Waals surface area contributed by atoms with Gasteiger partial charge in [0.15, 0.2) is 0 Å². The molecular weight excluding hydrogens is 259 g/mol. The van der Waals surface area contributed by atoms with Crippen molar-refractivity contribution in [3.63, 3.8) is 0 Å². The number of carboxylic acids is 1. The summed E-state index contributed by atoms with van der Waals surface area (Å²) in [5, 5.41) is 13.1. The van der Waals surface area contributed by atoms with Gasteiger partial charge >= 0.3 is 5.97 Å². The highest BCUT2D eigenvalue weighted by atomic mass is 19.1. The number of carboxylic acid groups (broad SMARTS) is 1. The molecule has 1 heterocycles. The Morgan fingerprint density at radius 1 is 1.45 bits per heavy atom. The minimum Gasteiger partial charge on any atom is -0.480 e. The van der Waals surface area contributed by atoms with Crippen molar-refractivity contribution in [3.05, 3.63) is 35.6 Å². The third-order valence-electron chi connectivity index (χ3n) is 4.05. The number of halogens is 1. The minimum absolute atomic E-state index is 0.394. The molecule has 20 heavy (non-hydrogen) atoms. The Hall–Kier alpha value is -1.46. The van der Waals surface area contributed by atoms with E-state index < -0.39 is 17.3 Å². The first-order valence-electron chi connectivity index (χ1n) is 7.06. The molecule has 1 aliphatic rings. The summed E-state index contributed by atoms with van der Waals surface area (Å²) in [4.78, 5) is 14.0. The Labute approximate surface area is 118 Å². The molecule has 1 aromatic carbocycles. The van der Waals surface area contributed by atoms with Crippen LogP contribution in [-0.4, -0.2) is 42.2 Å². The number of nitrogens with zero attached hydrogens (tertiary/aromatic N) is 1. The van der Waals surface area contributed by atoms with Gasteiger partial charge in [0.05, 0.1) is 0 Å². The molecule has 0 aliphatic carbocycles. The van der Waals surface area contributed by atoms with Crippen molar-refractivity contribution in [3.8, 4) is 0 Å². The second-order valence-corrected chi connectivity index (χ2v) is 5.12. The van der Waals surface area contributed by atoms with Crippen LogP contribution in [0.5, 0.6) is 0 Å². The molecule has 0 bridgehead atoms. The normalized spacial score (nSPS) is 20.1. The molecule has 0 spiro atoms. The average Bonchev–Trinajstić information content (AvgIpc) is 2.69. The maximum Gasteiger partial charge on any atom is 0.328 e. The van der Waals surface area contributed by atoms with Gasteiger partial charge in [-0.25, -0.2) is 9.18 Å². The van der Waals surface area contributed by atoms with Crippen LogP contribution in [0.1, 0.15) is 25.3 Å². The fraction of sp³-hybridized carbons (Fsp3) is 0.533. The van der Waals surface area contributed by atoms with Gasteiger partial charge in [-0.1, -0.05) is 19.1 Å². The molecule has 1 atom stereocenters. The van der Waals surface area contributed by atoms with Crippen LogP contribution in [0.25, 0.3) is 0 Å². The van der Waals surface area contributed by atoms with Crippen LogP contribution in [0.3, 0.4) is 0 Å². The highest BCUT2D eigenvalue weighted by Crippen LogP contribution is 2.33. The van der Waals surface area contributed by atoms with Crippen molar-refractivity contribution in [2.45, 2.75) is 25.3 Å². The van der Waals surface area contributed by atoms with Crippen molar-refractivity contribution >= 4 is 5.97 Å². The SMILES string of the molecule is CCC(C(=O)O)(c1cccc(F)c1)N1CCCNCC1. The summed E-state index contributed by atoms with van der Waals surface area (Å²) in [5.41, 5.74) is -0.622. The van der Waals surface area contributed by atoms with Gasteiger partial charge < -0.3 is 10.4 Å². The van der Waals surface area contributed by atoms with E-state index in [0.29, 0.717) is 25.1 Å². The van der Waals surface area contributed by atoms with Gasteiger partial charge in [0.1, 0.15) is 11.4 Å². The monoisotopic (exact) mass is 280 g/mol. The number of benzene rings is 1. The molecule has 2 rings (SSSR count). The van der Waals surface area contributed by atoms with Crippen LogP contribution in [0.4, 0.5) is 4.39 Å². The van der Waals surface area contributed by atoms with Gasteiger partial charge in [-0.3, -0.25) is 4.90 Å². The zero-order valence-corrected chi connectivity index (χ0v) is 11.7. The smallest absolute Gasteiger partial charge is 0.328 e. The lowest BCUT2D eigenvalue weighted by molar-refractivity contribution is -0.153. The number of hydrogen-bond acceptors (Lipinski definition) is 3. The molecule has 5 heteroatoms. The minimum atomic E-state index is -1.14. The summed E-state index contributed by atoms with van der Waals surface area (Å²) in [5.74, 6) is -1.30. The Morgan fingerprint density at radius 2 is 2.25 bits per heavy atom. The molecule has 2 N–H and O–H groups in total. The predicted octanol–water partition coefficient (Wildman–Crippen LogP) is 1.81. The van der Waals surface area contributed by atoms with Gasteiger partial charge in [0.2, 0.25) is 0 Å². The third-order valence-corrected chi connectivity index (χ3v) is 4.05. The first-order chi connectivity index (χ1) is 9.61. The molecule has 1 aliphatic heterocycles. The summed E-state index contributed by atoms with van der Waals surface area (Å²) in [6, 6.07) is 5.97. The Kier molecular flexibility index (Phi) is 4.73. The first-order valence-corrected chi connectivity index (χ1v) is 7.06. The van der Waals surface area contributed by atoms with Crippen LogP contribution in [0.15, 0.2) is 24.3 Å². The molecule has 0 saturated carbocycles. The quantitative estimate of drug-likeness (QED) is 0.883. The lowest BCUT2D eigenvalue weighted by Gasteiger charge is -2.40. The summed E-state index contributed by atoms with van der Waals surface area (Å²) in [6.45, 7) is 4.83. The lowest BCUT2D eigenvalue weighted by Crippen LogP contribution is -2.53. The fourth-order valence-corrected chi connectivity index (χ4v) is 2.99. The second kappa shape index (κ2) is 6.33. The summed E-state index contributed by atoms with van der Waals surface area (Å²) < 4.78 is 13.5. The van der Waals surface area contributed by atoms with Crippen molar-refractivity contribution in [1.82, 2.24) is 10.2 Å². The molecule has 1 fully saturated rings. The number of nitrogens with one attached hydrogen (secondary N) is 1. The molecular formula is C15H21FN2O2. The molecule has 4 nitrogen and oxygen atoms in total. The summed E-state index contributed by atoms with van der Waals surface area (Å²) in [6.07, 6.45) is 1.30. The zero-order chi connectivity index (χ0) is 14.6. The van der Waals surface area contributed by atoms with Crippen molar-refractivity contribution in [2.24, 2.45) is 0 Å². The third kappa shape index (κ3) is 2.69. The highest BCUT2D eigenvalue weighted by molar-refractivity contribution is 5.80. The van der Waals surface area contributed by atoms with E-state index >= 15 is 0 Å². The Balaban J connectivity index is 2.46. The average molecular weight is 280 g/mol. The van der Waals surface area contributed by atoms with Crippen LogP contribution < -0.4 is 5.32 Å². The molecule has 0 aromatic heterocycles. The summed E-state index contributed by atoms with van der Waals surface area (Å²) in [7, 11) is 0. The molecule has 1 saturated heterocycles. The molecule has 1 unspecified atom stereocenters. The summed E-state index contributed by atoms with van der Waals surface area (Å²) >= 11 is 0. The number of hydrogen-bond donors (Lipinski definition) is 2. The largest absolute Gasteiger partial charge is 0.480 e. The number of aliphatic carboxylic acids is 1. The van der Waals surface area contributed by atoms with E-state index in [1.165, 1.54) is 12.1 Å². The number of carbonyl (C=O) groups is 1. The van der Waals surface area contributed by atoms with E-state index in [0.717, 1.165) is 19.5 Å². The topological polar surface area (TPSA) is 52.6 Å². The van der Waals surface area contributed by atoms with Crippen LogP contribution in [0, 0.1) is 5.82 Å². The Morgan fingerprint density at radius 3 is 2.90 bits per heavy atom. The molecule has 1 aromatic rings. The van der Waals surface area contributed by atoms with Crippen molar-refractivity contribution in [2.75, 3.05) is 26.2 Å². The van der Waals surface area contributed by atoms with Gasteiger partial charge in [0, 0.05) is 19.6 Å². The van der Waals surface area contributed by atoms with E-state index in [9.17, 15) is 14.3 Å². The van der Waals surface area contributed by atoms with Crippen LogP contribution >= 0.6 is 0 Å². The van der Waals surface area contributed by atoms with E-state index in [4.69, 9.17) is 0 Å². The van der Waals surface area contributed by atoms with Gasteiger partial charge in [-0.05, 0) is 37.1 Å². The maximum absolute atomic E-state index is 13.5.